The van der Waals surface area contributed by atoms with Crippen LogP contribution in [0.1, 0.15) is 86.0 Å². The van der Waals surface area contributed by atoms with E-state index in [1.54, 1.807) is 0 Å². The van der Waals surface area contributed by atoms with Gasteiger partial charge in [-0.15, -0.1) is 0 Å². The summed E-state index contributed by atoms with van der Waals surface area (Å²) in [5.41, 5.74) is 3.77. The number of carbonyl (C=O) groups excluding carboxylic acids is 1. The molecule has 1 aliphatic heterocycles. The maximum atomic E-state index is 13.4. The maximum Gasteiger partial charge on any atom is 0.192 e. The third kappa shape index (κ3) is 4.56. The van der Waals surface area contributed by atoms with Gasteiger partial charge in [0.2, 0.25) is 0 Å². The largest absolute Gasteiger partial charge is 0.414 e. The Kier molecular flexibility index (Phi) is 6.96. The van der Waals surface area contributed by atoms with E-state index in [0.29, 0.717) is 11.8 Å². The highest BCUT2D eigenvalue weighted by molar-refractivity contribution is 7.92. The molecule has 0 aromatic rings. The molecule has 0 aromatic heterocycles. The smallest absolute Gasteiger partial charge is 0.192 e. The highest BCUT2D eigenvalue weighted by Gasteiger charge is 2.51. The predicted octanol–water partition coefficient (Wildman–Crippen LogP) is 6.63. The molecule has 0 saturated heterocycles. The second kappa shape index (κ2) is 8.99. The number of sulfone groups is 1. The first kappa shape index (κ1) is 26.3. The van der Waals surface area contributed by atoms with Crippen LogP contribution in [0.5, 0.6) is 0 Å². The molecular formula is C28H46O4SSi. The van der Waals surface area contributed by atoms with Gasteiger partial charge in [-0.3, -0.25) is 0 Å². The highest BCUT2D eigenvalue weighted by atomic mass is 32.2. The Bertz CT molecular complexity index is 986. The molecule has 0 amide bonds. The molecule has 4 nitrogen and oxygen atoms in total. The number of fused-ring (bicyclic) bond motifs is 1. The summed E-state index contributed by atoms with van der Waals surface area (Å²) in [6.45, 7) is 15.8. The lowest BCUT2D eigenvalue weighted by Crippen LogP contribution is -2.44. The lowest BCUT2D eigenvalue weighted by atomic mass is 9.61. The molecule has 2 fully saturated rings. The topological polar surface area (TPSA) is 60.4 Å². The van der Waals surface area contributed by atoms with E-state index in [4.69, 9.17) is 4.43 Å². The lowest BCUT2D eigenvalue weighted by molar-refractivity contribution is -0.113. The summed E-state index contributed by atoms with van der Waals surface area (Å²) in [5.74, 6) is 1.13. The fourth-order valence-corrected chi connectivity index (χ4v) is 10.8. The van der Waals surface area contributed by atoms with Gasteiger partial charge in [0, 0.05) is 12.0 Å². The second-order valence-corrected chi connectivity index (χ2v) is 20.3. The van der Waals surface area contributed by atoms with Crippen molar-refractivity contribution in [3.8, 4) is 0 Å². The average Bonchev–Trinajstić information content (AvgIpc) is 3.20. The molecule has 4 unspecified atom stereocenters. The van der Waals surface area contributed by atoms with Crippen molar-refractivity contribution >= 4 is 24.4 Å². The number of aldehydes is 1. The molecule has 0 N–H and O–H groups in total. The molecule has 0 radical (unpaired) electrons. The highest BCUT2D eigenvalue weighted by Crippen LogP contribution is 2.59. The Balaban J connectivity index is 1.60. The molecule has 34 heavy (non-hydrogen) atoms. The molecule has 6 heteroatoms. The molecule has 6 atom stereocenters. The minimum absolute atomic E-state index is 0.0745. The quantitative estimate of drug-likeness (QED) is 0.238. The van der Waals surface area contributed by atoms with Crippen molar-refractivity contribution in [2.24, 2.45) is 23.2 Å². The summed E-state index contributed by atoms with van der Waals surface area (Å²) in [7, 11) is -5.10. The SMILES string of the molecule is CC(C=O)[C@H]1CCC2C(=CC3C4=C(CCC(O[Si](C)(C)C(C)(C)C)C4)CS3(=O)=O)CCC[C@@]21C. The van der Waals surface area contributed by atoms with Gasteiger partial charge in [-0.25, -0.2) is 8.42 Å². The van der Waals surface area contributed by atoms with Crippen molar-refractivity contribution in [3.63, 3.8) is 0 Å². The predicted molar refractivity (Wildman–Crippen MR) is 142 cm³/mol. The van der Waals surface area contributed by atoms with E-state index in [-0.39, 0.29) is 28.2 Å². The molecular weight excluding hydrogens is 460 g/mol. The molecule has 2 saturated carbocycles. The minimum atomic E-state index is -3.20. The van der Waals surface area contributed by atoms with Crippen molar-refractivity contribution in [2.75, 3.05) is 5.75 Å². The zero-order chi connectivity index (χ0) is 25.1. The summed E-state index contributed by atoms with van der Waals surface area (Å²) in [4.78, 5) is 11.6. The van der Waals surface area contributed by atoms with Crippen LogP contribution < -0.4 is 0 Å². The van der Waals surface area contributed by atoms with Crippen molar-refractivity contribution in [1.82, 2.24) is 0 Å². The third-order valence-electron chi connectivity index (χ3n) is 10.3. The monoisotopic (exact) mass is 506 g/mol. The Morgan fingerprint density at radius 3 is 2.50 bits per heavy atom. The van der Waals surface area contributed by atoms with Crippen LogP contribution in [-0.2, 0) is 19.1 Å². The van der Waals surface area contributed by atoms with Crippen LogP contribution >= 0.6 is 0 Å². The zero-order valence-electron chi connectivity index (χ0n) is 22.4. The molecule has 4 aliphatic rings. The summed E-state index contributed by atoms with van der Waals surface area (Å²) in [5, 5.41) is -0.317. The number of allylic oxidation sites excluding steroid dienone is 1. The van der Waals surface area contributed by atoms with Crippen LogP contribution in [0.3, 0.4) is 0 Å². The van der Waals surface area contributed by atoms with Crippen molar-refractivity contribution in [3.05, 3.63) is 22.8 Å². The first-order valence-electron chi connectivity index (χ1n) is 13.5. The molecule has 1 heterocycles. The normalized spacial score (nSPS) is 38.0. The van der Waals surface area contributed by atoms with E-state index in [2.05, 4.69) is 53.8 Å². The first-order valence-corrected chi connectivity index (χ1v) is 18.1. The van der Waals surface area contributed by atoms with Crippen molar-refractivity contribution in [1.29, 1.82) is 0 Å². The van der Waals surface area contributed by atoms with E-state index >= 15 is 0 Å². The van der Waals surface area contributed by atoms with Gasteiger partial charge in [-0.2, -0.15) is 0 Å². The molecule has 4 rings (SSSR count). The van der Waals surface area contributed by atoms with Gasteiger partial charge in [0.15, 0.2) is 18.2 Å². The number of hydrogen-bond donors (Lipinski definition) is 0. The number of rotatable bonds is 5. The van der Waals surface area contributed by atoms with Crippen molar-refractivity contribution in [2.45, 2.75) is 115 Å². The Morgan fingerprint density at radius 1 is 1.15 bits per heavy atom. The number of hydrogen-bond acceptors (Lipinski definition) is 4. The lowest BCUT2D eigenvalue weighted by Gasteiger charge is -2.44. The maximum absolute atomic E-state index is 13.4. The average molecular weight is 507 g/mol. The van der Waals surface area contributed by atoms with Gasteiger partial charge >= 0.3 is 0 Å². The van der Waals surface area contributed by atoms with E-state index in [1.165, 1.54) is 5.57 Å². The Hall–Kier alpha value is -0.723. The van der Waals surface area contributed by atoms with Gasteiger partial charge < -0.3 is 9.22 Å². The molecule has 192 valence electrons. The van der Waals surface area contributed by atoms with E-state index in [9.17, 15) is 13.2 Å². The summed E-state index contributed by atoms with van der Waals surface area (Å²) in [6, 6.07) is 0. The van der Waals surface area contributed by atoms with Gasteiger partial charge in [0.25, 0.3) is 0 Å². The minimum Gasteiger partial charge on any atom is -0.414 e. The molecule has 0 aromatic carbocycles. The molecule has 0 bridgehead atoms. The third-order valence-corrected chi connectivity index (χ3v) is 16.8. The van der Waals surface area contributed by atoms with E-state index < -0.39 is 23.4 Å². The van der Waals surface area contributed by atoms with Crippen LogP contribution in [-0.4, -0.2) is 40.1 Å². The first-order chi connectivity index (χ1) is 15.7. The Labute approximate surface area is 209 Å². The molecule has 0 spiro atoms. The zero-order valence-corrected chi connectivity index (χ0v) is 24.3. The van der Waals surface area contributed by atoms with Gasteiger partial charge in [-0.1, -0.05) is 51.8 Å². The van der Waals surface area contributed by atoms with Crippen LogP contribution in [0, 0.1) is 23.2 Å². The summed E-state index contributed by atoms with van der Waals surface area (Å²) < 4.78 is 33.5. The van der Waals surface area contributed by atoms with Crippen LogP contribution in [0.4, 0.5) is 0 Å². The fraction of sp³-hybridized carbons (Fsp3) is 0.821. The number of carbonyl (C=O) groups is 1. The second-order valence-electron chi connectivity index (χ2n) is 13.4. The standard InChI is InChI=1S/C28H46O4SSi/c1-19(17-29)24-12-13-25-20(9-8-14-28(24,25)5)15-26-23-16-22(32-34(6,7)27(2,3)4)11-10-21(23)18-33(26,30)31/h15,17,19,22,24-26H,8-14,16,18H2,1-7H3/t19?,22?,24-,25?,26?,28-/m1/s1. The van der Waals surface area contributed by atoms with Crippen LogP contribution in [0.25, 0.3) is 0 Å². The van der Waals surface area contributed by atoms with Gasteiger partial charge in [-0.05, 0) is 92.3 Å². The van der Waals surface area contributed by atoms with Crippen molar-refractivity contribution < 1.29 is 17.6 Å². The fourth-order valence-electron chi connectivity index (χ4n) is 7.35. The van der Waals surface area contributed by atoms with Gasteiger partial charge in [0.1, 0.15) is 11.5 Å². The van der Waals surface area contributed by atoms with E-state index in [1.807, 2.05) is 0 Å². The van der Waals surface area contributed by atoms with Gasteiger partial charge in [0.05, 0.1) is 5.75 Å². The summed E-state index contributed by atoms with van der Waals surface area (Å²) >= 11 is 0. The van der Waals surface area contributed by atoms with E-state index in [0.717, 1.165) is 68.8 Å². The summed E-state index contributed by atoms with van der Waals surface area (Å²) in [6.07, 6.45) is 11.4. The van der Waals surface area contributed by atoms with Crippen LogP contribution in [0.2, 0.25) is 18.1 Å². The molecule has 3 aliphatic carbocycles. The van der Waals surface area contributed by atoms with Crippen LogP contribution in [0.15, 0.2) is 22.8 Å². The Morgan fingerprint density at radius 2 is 1.85 bits per heavy atom.